The van der Waals surface area contributed by atoms with Gasteiger partial charge in [0.1, 0.15) is 12.0 Å². The number of hydrogen-bond acceptors (Lipinski definition) is 2. The van der Waals surface area contributed by atoms with E-state index in [2.05, 4.69) is 49.4 Å². The van der Waals surface area contributed by atoms with E-state index < -0.39 is 0 Å². The molecule has 2 fully saturated rings. The number of ketones is 1. The fourth-order valence-corrected chi connectivity index (χ4v) is 5.30. The summed E-state index contributed by atoms with van der Waals surface area (Å²) in [6.07, 6.45) is 8.32. The predicted octanol–water partition coefficient (Wildman–Crippen LogP) is 7.46. The molecule has 2 saturated carbocycles. The van der Waals surface area contributed by atoms with Crippen molar-refractivity contribution in [2.45, 2.75) is 64.2 Å². The molecule has 2 aliphatic rings. The second kappa shape index (κ2) is 7.91. The Labute approximate surface area is 179 Å². The molecule has 0 aliphatic heterocycles. The molecule has 0 N–H and O–H groups in total. The Morgan fingerprint density at radius 1 is 0.967 bits per heavy atom. The third-order valence-corrected chi connectivity index (χ3v) is 7.07. The van der Waals surface area contributed by atoms with Gasteiger partial charge in [0.05, 0.1) is 5.56 Å². The first-order valence-electron chi connectivity index (χ1n) is 11.5. The van der Waals surface area contributed by atoms with Gasteiger partial charge in [0.15, 0.2) is 5.78 Å². The first kappa shape index (κ1) is 19.4. The summed E-state index contributed by atoms with van der Waals surface area (Å²) in [7, 11) is 0. The van der Waals surface area contributed by atoms with Gasteiger partial charge in [-0.15, -0.1) is 0 Å². The molecule has 0 bridgehead atoms. The number of Topliss-reactive ketones (excluding diaryl/α,β-unsaturated/α-hetero) is 1. The smallest absolute Gasteiger partial charge is 0.169 e. The van der Waals surface area contributed by atoms with Crippen LogP contribution in [0.2, 0.25) is 0 Å². The summed E-state index contributed by atoms with van der Waals surface area (Å²) in [6, 6.07) is 17.8. The van der Waals surface area contributed by atoms with Crippen LogP contribution in [-0.4, -0.2) is 5.78 Å². The molecule has 2 atom stereocenters. The first-order valence-corrected chi connectivity index (χ1v) is 11.5. The Balaban J connectivity index is 1.39. The molecule has 1 aromatic heterocycles. The lowest BCUT2D eigenvalue weighted by molar-refractivity contribution is 0.0921. The minimum absolute atomic E-state index is 0.118. The molecule has 3 aromatic rings. The van der Waals surface area contributed by atoms with Crippen LogP contribution in [0.4, 0.5) is 0 Å². The van der Waals surface area contributed by atoms with Gasteiger partial charge in [0.2, 0.25) is 0 Å². The molecule has 2 aliphatic carbocycles. The molecule has 2 aromatic carbocycles. The lowest BCUT2D eigenvalue weighted by Gasteiger charge is -2.18. The normalized spacial score (nSPS) is 21.1. The number of hydrogen-bond donors (Lipinski definition) is 0. The van der Waals surface area contributed by atoms with Crippen LogP contribution in [0, 0.1) is 12.8 Å². The number of carbonyl (C=O) groups is 1. The first-order chi connectivity index (χ1) is 14.6. The lowest BCUT2D eigenvalue weighted by atomic mass is 9.87. The van der Waals surface area contributed by atoms with Crippen LogP contribution < -0.4 is 0 Å². The van der Waals surface area contributed by atoms with Crippen molar-refractivity contribution in [3.05, 3.63) is 82.8 Å². The summed E-state index contributed by atoms with van der Waals surface area (Å²) in [6.45, 7) is 4.14. The monoisotopic (exact) mass is 398 g/mol. The van der Waals surface area contributed by atoms with Crippen molar-refractivity contribution in [1.29, 1.82) is 0 Å². The molecule has 0 radical (unpaired) electrons. The lowest BCUT2D eigenvalue weighted by Crippen LogP contribution is -2.11. The van der Waals surface area contributed by atoms with E-state index in [0.29, 0.717) is 5.92 Å². The summed E-state index contributed by atoms with van der Waals surface area (Å²) in [5.74, 6) is 2.41. The Morgan fingerprint density at radius 2 is 1.77 bits per heavy atom. The van der Waals surface area contributed by atoms with Gasteiger partial charge in [-0.1, -0.05) is 49.4 Å². The molecule has 2 heteroatoms. The number of benzene rings is 2. The third kappa shape index (κ3) is 3.64. The zero-order chi connectivity index (χ0) is 20.7. The average Bonchev–Trinajstić information content (AvgIpc) is 3.35. The zero-order valence-corrected chi connectivity index (χ0v) is 18.0. The molecule has 0 spiro atoms. The van der Waals surface area contributed by atoms with E-state index in [-0.39, 0.29) is 11.7 Å². The Morgan fingerprint density at radius 3 is 2.50 bits per heavy atom. The summed E-state index contributed by atoms with van der Waals surface area (Å²) in [4.78, 5) is 12.9. The van der Waals surface area contributed by atoms with Crippen molar-refractivity contribution < 1.29 is 9.21 Å². The molecule has 0 saturated heterocycles. The van der Waals surface area contributed by atoms with Crippen molar-refractivity contribution in [3.63, 3.8) is 0 Å². The van der Waals surface area contributed by atoms with Crippen molar-refractivity contribution in [3.8, 4) is 11.1 Å². The van der Waals surface area contributed by atoms with Crippen LogP contribution in [0.25, 0.3) is 11.1 Å². The van der Waals surface area contributed by atoms with Gasteiger partial charge in [0.25, 0.3) is 0 Å². The van der Waals surface area contributed by atoms with Crippen LogP contribution in [0.15, 0.2) is 59.2 Å². The maximum absolute atomic E-state index is 12.9. The molecule has 2 unspecified atom stereocenters. The molecule has 0 amide bonds. The highest BCUT2D eigenvalue weighted by Gasteiger charge is 2.33. The third-order valence-electron chi connectivity index (χ3n) is 7.07. The summed E-state index contributed by atoms with van der Waals surface area (Å²) < 4.78 is 5.36. The van der Waals surface area contributed by atoms with Gasteiger partial charge < -0.3 is 4.42 Å². The van der Waals surface area contributed by atoms with Gasteiger partial charge in [-0.25, -0.2) is 0 Å². The SMILES string of the molecule is CCc1cc(-c2ccccc2C2CC2)ccc1C1CCC(C(=O)c2coc(C)c2)C1. The van der Waals surface area contributed by atoms with Crippen molar-refractivity contribution in [2.75, 3.05) is 0 Å². The Kier molecular flexibility index (Phi) is 5.10. The second-order valence-electron chi connectivity index (χ2n) is 9.15. The Bertz CT molecular complexity index is 1070. The quantitative estimate of drug-likeness (QED) is 0.403. The van der Waals surface area contributed by atoms with Crippen LogP contribution in [0.3, 0.4) is 0 Å². The number of rotatable bonds is 6. The van der Waals surface area contributed by atoms with E-state index in [9.17, 15) is 4.79 Å². The maximum atomic E-state index is 12.9. The van der Waals surface area contributed by atoms with Crippen LogP contribution in [-0.2, 0) is 6.42 Å². The highest BCUT2D eigenvalue weighted by Crippen LogP contribution is 2.46. The van der Waals surface area contributed by atoms with Crippen molar-refractivity contribution in [2.24, 2.45) is 5.92 Å². The fourth-order valence-electron chi connectivity index (χ4n) is 5.30. The molecular formula is C28H30O2. The van der Waals surface area contributed by atoms with Gasteiger partial charge in [-0.05, 0) is 91.2 Å². The van der Waals surface area contributed by atoms with Gasteiger partial charge in [-0.3, -0.25) is 4.79 Å². The van der Waals surface area contributed by atoms with Crippen LogP contribution >= 0.6 is 0 Å². The minimum atomic E-state index is 0.118. The van der Waals surface area contributed by atoms with Crippen molar-refractivity contribution >= 4 is 5.78 Å². The van der Waals surface area contributed by atoms with E-state index in [1.165, 1.54) is 40.7 Å². The molecule has 1 heterocycles. The van der Waals surface area contributed by atoms with Gasteiger partial charge >= 0.3 is 0 Å². The maximum Gasteiger partial charge on any atom is 0.169 e. The molecular weight excluding hydrogens is 368 g/mol. The molecule has 5 rings (SSSR count). The van der Waals surface area contributed by atoms with E-state index in [1.54, 1.807) is 6.26 Å². The fraction of sp³-hybridized carbons (Fsp3) is 0.393. The topological polar surface area (TPSA) is 30.2 Å². The standard InChI is InChI=1S/C28H30O2/c1-3-19-15-22(27-7-5-4-6-26(27)20-8-9-20)12-13-25(19)21-10-11-23(16-21)28(29)24-14-18(2)30-17-24/h4-7,12-15,17,20-21,23H,3,8-11,16H2,1-2H3. The van der Waals surface area contributed by atoms with Gasteiger partial charge in [-0.2, -0.15) is 0 Å². The molecule has 2 nitrogen and oxygen atoms in total. The average molecular weight is 399 g/mol. The van der Waals surface area contributed by atoms with Crippen LogP contribution in [0.5, 0.6) is 0 Å². The van der Waals surface area contributed by atoms with Gasteiger partial charge in [0, 0.05) is 5.92 Å². The van der Waals surface area contributed by atoms with E-state index in [0.717, 1.165) is 42.9 Å². The van der Waals surface area contributed by atoms with Crippen molar-refractivity contribution in [1.82, 2.24) is 0 Å². The molecule has 154 valence electrons. The molecule has 30 heavy (non-hydrogen) atoms. The minimum Gasteiger partial charge on any atom is -0.469 e. The number of aryl methyl sites for hydroxylation is 2. The summed E-state index contributed by atoms with van der Waals surface area (Å²) in [5, 5.41) is 0. The van der Waals surface area contributed by atoms with E-state index >= 15 is 0 Å². The predicted molar refractivity (Wildman–Crippen MR) is 121 cm³/mol. The Hall–Kier alpha value is -2.61. The van der Waals surface area contributed by atoms with E-state index in [4.69, 9.17) is 4.42 Å². The van der Waals surface area contributed by atoms with Crippen LogP contribution in [0.1, 0.15) is 83.7 Å². The summed E-state index contributed by atoms with van der Waals surface area (Å²) in [5.41, 5.74) is 7.88. The van der Waals surface area contributed by atoms with E-state index in [1.807, 2.05) is 13.0 Å². The highest BCUT2D eigenvalue weighted by molar-refractivity contribution is 5.97. The largest absolute Gasteiger partial charge is 0.469 e. The highest BCUT2D eigenvalue weighted by atomic mass is 16.3. The number of furan rings is 1. The zero-order valence-electron chi connectivity index (χ0n) is 18.0. The summed E-state index contributed by atoms with van der Waals surface area (Å²) >= 11 is 0. The number of carbonyl (C=O) groups excluding carboxylic acids is 1. The second-order valence-corrected chi connectivity index (χ2v) is 9.15.